The van der Waals surface area contributed by atoms with Crippen molar-refractivity contribution in [3.05, 3.63) is 52.0 Å². The van der Waals surface area contributed by atoms with Gasteiger partial charge in [-0.05, 0) is 46.3 Å². The van der Waals surface area contributed by atoms with E-state index in [0.29, 0.717) is 28.7 Å². The number of rotatable bonds is 4. The highest BCUT2D eigenvalue weighted by molar-refractivity contribution is 9.10. The number of nitrogens with one attached hydrogen (secondary N) is 1. The fourth-order valence-corrected chi connectivity index (χ4v) is 3.21. The number of nitrogens with zero attached hydrogens (tertiary/aromatic N) is 1. The molecule has 1 atom stereocenters. The monoisotopic (exact) mass is 422 g/mol. The van der Waals surface area contributed by atoms with Crippen molar-refractivity contribution in [2.75, 3.05) is 23.9 Å². The van der Waals surface area contributed by atoms with Gasteiger partial charge >= 0.3 is 0 Å². The fourth-order valence-electron chi connectivity index (χ4n) is 2.79. The number of carbonyl (C=O) groups excluding carboxylic acids is 2. The van der Waals surface area contributed by atoms with Gasteiger partial charge in [-0.25, -0.2) is 0 Å². The Kier molecular flexibility index (Phi) is 5.30. The van der Waals surface area contributed by atoms with Crippen LogP contribution in [0.1, 0.15) is 6.42 Å². The van der Waals surface area contributed by atoms with Gasteiger partial charge in [0.05, 0.1) is 23.7 Å². The summed E-state index contributed by atoms with van der Waals surface area (Å²) in [5.41, 5.74) is 1.28. The molecule has 25 heavy (non-hydrogen) atoms. The van der Waals surface area contributed by atoms with Crippen molar-refractivity contribution in [3.63, 3.8) is 0 Å². The molecule has 0 spiro atoms. The first-order chi connectivity index (χ1) is 12.0. The summed E-state index contributed by atoms with van der Waals surface area (Å²) in [5, 5.41) is 3.33. The molecule has 5 nitrogen and oxygen atoms in total. The van der Waals surface area contributed by atoms with Crippen LogP contribution in [-0.2, 0) is 9.59 Å². The minimum atomic E-state index is -0.431. The summed E-state index contributed by atoms with van der Waals surface area (Å²) in [6.45, 7) is 0.315. The molecule has 1 aliphatic heterocycles. The summed E-state index contributed by atoms with van der Waals surface area (Å²) >= 11 is 9.35. The van der Waals surface area contributed by atoms with Crippen molar-refractivity contribution >= 4 is 50.7 Å². The highest BCUT2D eigenvalue weighted by atomic mass is 79.9. The Labute approximate surface area is 159 Å². The van der Waals surface area contributed by atoms with Crippen LogP contribution in [0.25, 0.3) is 0 Å². The number of carbonyl (C=O) groups is 2. The zero-order chi connectivity index (χ0) is 18.0. The van der Waals surface area contributed by atoms with E-state index >= 15 is 0 Å². The second-order valence-corrected chi connectivity index (χ2v) is 6.96. The number of hydrogen-bond donors (Lipinski definition) is 1. The first-order valence-electron chi connectivity index (χ1n) is 7.69. The van der Waals surface area contributed by atoms with Crippen molar-refractivity contribution < 1.29 is 14.3 Å². The van der Waals surface area contributed by atoms with Crippen LogP contribution in [0, 0.1) is 5.92 Å². The average Bonchev–Trinajstić information content (AvgIpc) is 3.00. The van der Waals surface area contributed by atoms with Gasteiger partial charge in [-0.3, -0.25) is 9.59 Å². The Bertz CT molecular complexity index is 828. The summed E-state index contributed by atoms with van der Waals surface area (Å²) in [6, 6.07) is 12.5. The minimum absolute atomic E-state index is 0.0986. The smallest absolute Gasteiger partial charge is 0.229 e. The molecular formula is C18H16BrClN2O3. The van der Waals surface area contributed by atoms with Crippen molar-refractivity contribution in [2.24, 2.45) is 5.92 Å². The lowest BCUT2D eigenvalue weighted by Gasteiger charge is -2.19. The molecule has 1 aliphatic rings. The number of halogens is 2. The van der Waals surface area contributed by atoms with Crippen LogP contribution in [0.3, 0.4) is 0 Å². The lowest BCUT2D eigenvalue weighted by atomic mass is 10.1. The van der Waals surface area contributed by atoms with Gasteiger partial charge in [0.1, 0.15) is 5.75 Å². The molecule has 1 saturated heterocycles. The molecule has 1 N–H and O–H groups in total. The number of ether oxygens (including phenoxy) is 1. The number of hydrogen-bond acceptors (Lipinski definition) is 3. The Morgan fingerprint density at radius 1 is 1.32 bits per heavy atom. The molecule has 1 heterocycles. The lowest BCUT2D eigenvalue weighted by molar-refractivity contribution is -0.122. The van der Waals surface area contributed by atoms with E-state index in [0.717, 1.165) is 4.47 Å². The van der Waals surface area contributed by atoms with Crippen LogP contribution < -0.4 is 15.0 Å². The maximum Gasteiger partial charge on any atom is 0.229 e. The van der Waals surface area contributed by atoms with E-state index in [9.17, 15) is 9.59 Å². The molecule has 2 aromatic rings. The average molecular weight is 424 g/mol. The molecule has 2 amide bonds. The second kappa shape index (κ2) is 7.45. The van der Waals surface area contributed by atoms with E-state index in [1.807, 2.05) is 18.2 Å². The molecular weight excluding hydrogens is 408 g/mol. The Morgan fingerprint density at radius 3 is 2.80 bits per heavy atom. The topological polar surface area (TPSA) is 58.6 Å². The predicted octanol–water partition coefficient (Wildman–Crippen LogP) is 4.10. The summed E-state index contributed by atoms with van der Waals surface area (Å²) < 4.78 is 6.06. The van der Waals surface area contributed by atoms with Gasteiger partial charge in [0.2, 0.25) is 11.8 Å². The SMILES string of the molecule is COc1ccccc1N1C[C@H](C(=O)Nc2ccc(Br)c(Cl)c2)CC1=O. The number of para-hydroxylation sites is 2. The zero-order valence-corrected chi connectivity index (χ0v) is 15.8. The Morgan fingerprint density at radius 2 is 2.08 bits per heavy atom. The molecule has 130 valence electrons. The summed E-state index contributed by atoms with van der Waals surface area (Å²) in [6.07, 6.45) is 0.161. The van der Waals surface area contributed by atoms with Crippen molar-refractivity contribution in [1.29, 1.82) is 0 Å². The molecule has 0 aromatic heterocycles. The first-order valence-corrected chi connectivity index (χ1v) is 8.86. The molecule has 1 fully saturated rings. The minimum Gasteiger partial charge on any atom is -0.495 e. The van der Waals surface area contributed by atoms with Crippen LogP contribution in [0.15, 0.2) is 46.9 Å². The number of methoxy groups -OCH3 is 1. The van der Waals surface area contributed by atoms with E-state index in [2.05, 4.69) is 21.2 Å². The van der Waals surface area contributed by atoms with Crippen LogP contribution in [-0.4, -0.2) is 25.5 Å². The first kappa shape index (κ1) is 17.8. The van der Waals surface area contributed by atoms with E-state index in [1.54, 1.807) is 36.3 Å². The Balaban J connectivity index is 1.73. The summed E-state index contributed by atoms with van der Waals surface area (Å²) in [7, 11) is 1.56. The third-order valence-corrected chi connectivity index (χ3v) is 5.29. The molecule has 0 unspecified atom stereocenters. The fraction of sp³-hybridized carbons (Fsp3) is 0.222. The number of anilines is 2. The molecule has 2 aromatic carbocycles. The lowest BCUT2D eigenvalue weighted by Crippen LogP contribution is -2.28. The van der Waals surface area contributed by atoms with Gasteiger partial charge < -0.3 is 15.0 Å². The van der Waals surface area contributed by atoms with Gasteiger partial charge in [-0.1, -0.05) is 23.7 Å². The van der Waals surface area contributed by atoms with Gasteiger partial charge in [0.25, 0.3) is 0 Å². The van der Waals surface area contributed by atoms with Crippen molar-refractivity contribution in [3.8, 4) is 5.75 Å². The van der Waals surface area contributed by atoms with Gasteiger partial charge in [0.15, 0.2) is 0 Å². The van der Waals surface area contributed by atoms with E-state index in [-0.39, 0.29) is 18.2 Å². The third-order valence-electron chi connectivity index (χ3n) is 4.06. The Hall–Kier alpha value is -2.05. The number of benzene rings is 2. The van der Waals surface area contributed by atoms with E-state index < -0.39 is 5.92 Å². The molecule has 7 heteroatoms. The van der Waals surface area contributed by atoms with Crippen LogP contribution >= 0.6 is 27.5 Å². The third kappa shape index (κ3) is 3.80. The molecule has 0 radical (unpaired) electrons. The molecule has 0 aliphatic carbocycles. The van der Waals surface area contributed by atoms with Gasteiger partial charge in [-0.15, -0.1) is 0 Å². The predicted molar refractivity (Wildman–Crippen MR) is 101 cm³/mol. The van der Waals surface area contributed by atoms with Gasteiger partial charge in [0, 0.05) is 23.1 Å². The number of amides is 2. The normalized spacial score (nSPS) is 16.8. The van der Waals surface area contributed by atoms with E-state index in [4.69, 9.17) is 16.3 Å². The quantitative estimate of drug-likeness (QED) is 0.805. The summed E-state index contributed by atoms with van der Waals surface area (Å²) in [4.78, 5) is 26.5. The standard InChI is InChI=1S/C18H16BrClN2O3/c1-25-16-5-3-2-4-15(16)22-10-11(8-17(22)23)18(24)21-12-6-7-13(19)14(20)9-12/h2-7,9,11H,8,10H2,1H3,(H,21,24)/t11-/m1/s1. The van der Waals surface area contributed by atoms with Crippen LogP contribution in [0.5, 0.6) is 5.75 Å². The summed E-state index contributed by atoms with van der Waals surface area (Å²) in [5.74, 6) is -0.126. The van der Waals surface area contributed by atoms with E-state index in [1.165, 1.54) is 0 Å². The van der Waals surface area contributed by atoms with Crippen LogP contribution in [0.2, 0.25) is 5.02 Å². The zero-order valence-electron chi connectivity index (χ0n) is 13.5. The maximum atomic E-state index is 12.5. The van der Waals surface area contributed by atoms with Crippen LogP contribution in [0.4, 0.5) is 11.4 Å². The highest BCUT2D eigenvalue weighted by Gasteiger charge is 2.36. The van der Waals surface area contributed by atoms with Gasteiger partial charge in [-0.2, -0.15) is 0 Å². The largest absolute Gasteiger partial charge is 0.495 e. The molecule has 3 rings (SSSR count). The van der Waals surface area contributed by atoms with Crippen molar-refractivity contribution in [1.82, 2.24) is 0 Å². The van der Waals surface area contributed by atoms with Crippen molar-refractivity contribution in [2.45, 2.75) is 6.42 Å². The second-order valence-electron chi connectivity index (χ2n) is 5.70. The highest BCUT2D eigenvalue weighted by Crippen LogP contribution is 2.33. The molecule has 0 saturated carbocycles. The molecule has 0 bridgehead atoms. The maximum absolute atomic E-state index is 12.5.